The van der Waals surface area contributed by atoms with Gasteiger partial charge in [0.2, 0.25) is 5.91 Å². The highest BCUT2D eigenvalue weighted by Gasteiger charge is 2.10. The van der Waals surface area contributed by atoms with Gasteiger partial charge in [-0.05, 0) is 25.8 Å². The van der Waals surface area contributed by atoms with Gasteiger partial charge in [0, 0.05) is 32.2 Å². The van der Waals surface area contributed by atoms with Crippen LogP contribution in [0.2, 0.25) is 0 Å². The van der Waals surface area contributed by atoms with Gasteiger partial charge in [0.25, 0.3) is 0 Å². The van der Waals surface area contributed by atoms with Gasteiger partial charge < -0.3 is 21.5 Å². The maximum Gasteiger partial charge on any atom is 0.221 e. The van der Waals surface area contributed by atoms with Crippen molar-refractivity contribution in [3.8, 4) is 0 Å². The minimum atomic E-state index is 0.0375. The van der Waals surface area contributed by atoms with Crippen LogP contribution in [0.25, 0.3) is 0 Å². The van der Waals surface area contributed by atoms with E-state index < -0.39 is 0 Å². The molecule has 5 nitrogen and oxygen atoms in total. The highest BCUT2D eigenvalue weighted by molar-refractivity contribution is 5.76. The van der Waals surface area contributed by atoms with Crippen molar-refractivity contribution in [1.29, 1.82) is 0 Å². The van der Waals surface area contributed by atoms with Crippen LogP contribution in [-0.2, 0) is 4.79 Å². The van der Waals surface area contributed by atoms with E-state index in [2.05, 4.69) is 10.6 Å². The average molecular weight is 231 g/mol. The largest absolute Gasteiger partial charge is 0.396 e. The van der Waals surface area contributed by atoms with Crippen molar-refractivity contribution in [2.45, 2.75) is 38.6 Å². The van der Waals surface area contributed by atoms with E-state index >= 15 is 0 Å². The summed E-state index contributed by atoms with van der Waals surface area (Å²) in [5, 5.41) is 14.7. The molecule has 0 aromatic heterocycles. The van der Waals surface area contributed by atoms with Crippen LogP contribution in [0.5, 0.6) is 0 Å². The number of nitrogens with one attached hydrogen (secondary N) is 2. The summed E-state index contributed by atoms with van der Waals surface area (Å²) in [6.07, 6.45) is 3.06. The van der Waals surface area contributed by atoms with Crippen molar-refractivity contribution in [3.63, 3.8) is 0 Å². The minimum absolute atomic E-state index is 0.0375. The number of nitrogens with two attached hydrogens (primary N) is 1. The molecule has 0 aliphatic carbocycles. The van der Waals surface area contributed by atoms with Crippen LogP contribution in [0.15, 0.2) is 0 Å². The van der Waals surface area contributed by atoms with Gasteiger partial charge in [-0.15, -0.1) is 0 Å². The van der Waals surface area contributed by atoms with Gasteiger partial charge in [-0.25, -0.2) is 0 Å². The number of carbonyl (C=O) groups is 1. The van der Waals surface area contributed by atoms with Crippen LogP contribution in [0.1, 0.15) is 32.6 Å². The van der Waals surface area contributed by atoms with E-state index in [0.29, 0.717) is 13.0 Å². The lowest BCUT2D eigenvalue weighted by molar-refractivity contribution is -0.121. The van der Waals surface area contributed by atoms with E-state index in [1.807, 2.05) is 6.92 Å². The van der Waals surface area contributed by atoms with E-state index in [4.69, 9.17) is 10.8 Å². The van der Waals surface area contributed by atoms with Crippen molar-refractivity contribution in [1.82, 2.24) is 10.6 Å². The second-order valence-electron chi connectivity index (χ2n) is 3.87. The number of aliphatic hydroxyl groups excluding tert-OH is 1. The number of amides is 1. The molecule has 0 aromatic carbocycles. The van der Waals surface area contributed by atoms with Crippen LogP contribution in [0.4, 0.5) is 0 Å². The van der Waals surface area contributed by atoms with Crippen molar-refractivity contribution in [3.05, 3.63) is 0 Å². The minimum Gasteiger partial charge on any atom is -0.396 e. The zero-order chi connectivity index (χ0) is 12.2. The topological polar surface area (TPSA) is 87.4 Å². The number of hydrogen-bond donors (Lipinski definition) is 4. The summed E-state index contributed by atoms with van der Waals surface area (Å²) in [7, 11) is 0. The molecule has 0 fully saturated rings. The Morgan fingerprint density at radius 2 is 2.12 bits per heavy atom. The molecule has 1 unspecified atom stereocenters. The Labute approximate surface area is 97.8 Å². The third-order valence-electron chi connectivity index (χ3n) is 2.31. The Kier molecular flexibility index (Phi) is 10.4. The molecule has 0 aliphatic rings. The molecule has 0 aromatic rings. The molecular weight excluding hydrogens is 206 g/mol. The fourth-order valence-corrected chi connectivity index (χ4v) is 1.34. The van der Waals surface area contributed by atoms with Gasteiger partial charge in [-0.2, -0.15) is 0 Å². The number of carbonyl (C=O) groups excluding carboxylic acids is 1. The molecule has 0 spiro atoms. The number of unbranched alkanes of at least 4 members (excludes halogenated alkanes) is 1. The Bertz CT molecular complexity index is 177. The summed E-state index contributed by atoms with van der Waals surface area (Å²) in [6.45, 7) is 4.21. The molecule has 0 rings (SSSR count). The quantitative estimate of drug-likeness (QED) is 0.385. The molecule has 1 atom stereocenters. The van der Waals surface area contributed by atoms with E-state index in [0.717, 1.165) is 32.4 Å². The molecule has 0 saturated carbocycles. The van der Waals surface area contributed by atoms with Crippen LogP contribution >= 0.6 is 0 Å². The predicted octanol–water partition coefficient (Wildman–Crippen LogP) is -0.408. The number of rotatable bonds is 10. The average Bonchev–Trinajstić information content (AvgIpc) is 2.30. The van der Waals surface area contributed by atoms with Gasteiger partial charge in [-0.3, -0.25) is 4.79 Å². The second kappa shape index (κ2) is 10.9. The molecule has 5 N–H and O–H groups in total. The zero-order valence-electron chi connectivity index (χ0n) is 10.2. The fraction of sp³-hybridized carbons (Fsp3) is 0.909. The van der Waals surface area contributed by atoms with Crippen LogP contribution in [0.3, 0.4) is 0 Å². The van der Waals surface area contributed by atoms with E-state index in [-0.39, 0.29) is 18.6 Å². The summed E-state index contributed by atoms with van der Waals surface area (Å²) in [6, 6.07) is 0.0375. The maximum absolute atomic E-state index is 11.4. The summed E-state index contributed by atoms with van der Waals surface area (Å²) in [5.74, 6) is 0.0481. The summed E-state index contributed by atoms with van der Waals surface area (Å²) in [5.41, 5.74) is 5.57. The molecule has 0 aliphatic heterocycles. The van der Waals surface area contributed by atoms with E-state index in [9.17, 15) is 4.79 Å². The zero-order valence-corrected chi connectivity index (χ0v) is 10.2. The lowest BCUT2D eigenvalue weighted by atomic mass is 10.2. The van der Waals surface area contributed by atoms with Crippen LogP contribution in [-0.4, -0.2) is 43.3 Å². The maximum atomic E-state index is 11.4. The van der Waals surface area contributed by atoms with Crippen LogP contribution in [0, 0.1) is 0 Å². The summed E-state index contributed by atoms with van der Waals surface area (Å²) in [4.78, 5) is 11.4. The Morgan fingerprint density at radius 3 is 2.69 bits per heavy atom. The van der Waals surface area contributed by atoms with E-state index in [1.54, 1.807) is 0 Å². The molecule has 1 amide bonds. The highest BCUT2D eigenvalue weighted by Crippen LogP contribution is 1.92. The van der Waals surface area contributed by atoms with Gasteiger partial charge in [0.15, 0.2) is 0 Å². The summed E-state index contributed by atoms with van der Waals surface area (Å²) < 4.78 is 0. The molecule has 5 heteroatoms. The number of aliphatic hydroxyl groups is 1. The predicted molar refractivity (Wildman–Crippen MR) is 65.1 cm³/mol. The Hall–Kier alpha value is -0.650. The van der Waals surface area contributed by atoms with Crippen molar-refractivity contribution in [2.75, 3.05) is 26.2 Å². The first-order chi connectivity index (χ1) is 7.74. The van der Waals surface area contributed by atoms with Gasteiger partial charge in [-0.1, -0.05) is 6.92 Å². The monoisotopic (exact) mass is 231 g/mol. The lowest BCUT2D eigenvalue weighted by Gasteiger charge is -2.16. The first-order valence-corrected chi connectivity index (χ1v) is 6.05. The third-order valence-corrected chi connectivity index (χ3v) is 2.31. The van der Waals surface area contributed by atoms with Gasteiger partial charge in [0.1, 0.15) is 0 Å². The highest BCUT2D eigenvalue weighted by atomic mass is 16.2. The molecule has 0 heterocycles. The van der Waals surface area contributed by atoms with Gasteiger partial charge >= 0.3 is 0 Å². The Morgan fingerprint density at radius 1 is 1.38 bits per heavy atom. The first-order valence-electron chi connectivity index (χ1n) is 6.05. The van der Waals surface area contributed by atoms with Crippen molar-refractivity contribution >= 4 is 5.91 Å². The number of hydrogen-bond acceptors (Lipinski definition) is 4. The molecule has 96 valence electrons. The van der Waals surface area contributed by atoms with Crippen molar-refractivity contribution in [2.24, 2.45) is 5.73 Å². The molecule has 0 bridgehead atoms. The first kappa shape index (κ1) is 15.3. The fourth-order valence-electron chi connectivity index (χ4n) is 1.34. The van der Waals surface area contributed by atoms with Gasteiger partial charge in [0.05, 0.1) is 0 Å². The molecule has 0 saturated heterocycles. The molecule has 0 radical (unpaired) electrons. The van der Waals surface area contributed by atoms with E-state index in [1.165, 1.54) is 0 Å². The normalized spacial score (nSPS) is 12.4. The Balaban J connectivity index is 3.60. The smallest absolute Gasteiger partial charge is 0.221 e. The third kappa shape index (κ3) is 8.64. The van der Waals surface area contributed by atoms with Crippen LogP contribution < -0.4 is 16.4 Å². The summed E-state index contributed by atoms with van der Waals surface area (Å²) >= 11 is 0. The molecule has 16 heavy (non-hydrogen) atoms. The molecular formula is C11H25N3O2. The second-order valence-corrected chi connectivity index (χ2v) is 3.87. The standard InChI is InChI=1S/C11H25N3O2/c1-2-5-14-11(16)8-10(9-12)13-6-3-4-7-15/h10,13,15H,2-9,12H2,1H3,(H,14,16). The lowest BCUT2D eigenvalue weighted by Crippen LogP contribution is -2.41. The van der Waals surface area contributed by atoms with Crippen molar-refractivity contribution < 1.29 is 9.90 Å². The SMILES string of the molecule is CCCNC(=O)CC(CN)NCCCCO.